The lowest BCUT2D eigenvalue weighted by molar-refractivity contribution is -0.132. The van der Waals surface area contributed by atoms with Gasteiger partial charge >= 0.3 is 0 Å². The van der Waals surface area contributed by atoms with E-state index >= 15 is 0 Å². The van der Waals surface area contributed by atoms with Crippen LogP contribution >= 0.6 is 0 Å². The molecule has 0 unspecified atom stereocenters. The first-order valence-corrected chi connectivity index (χ1v) is 11.5. The van der Waals surface area contributed by atoms with Crippen LogP contribution in [0.3, 0.4) is 0 Å². The van der Waals surface area contributed by atoms with Gasteiger partial charge in [0, 0.05) is 33.7 Å². The van der Waals surface area contributed by atoms with E-state index in [0.29, 0.717) is 112 Å². The van der Waals surface area contributed by atoms with Crippen molar-refractivity contribution in [3.05, 3.63) is 0 Å². The van der Waals surface area contributed by atoms with Crippen LogP contribution in [0.25, 0.3) is 0 Å². The summed E-state index contributed by atoms with van der Waals surface area (Å²) < 4.78 is 42.5. The van der Waals surface area contributed by atoms with E-state index in [4.69, 9.17) is 37.9 Å². The van der Waals surface area contributed by atoms with Crippen molar-refractivity contribution < 1.29 is 42.7 Å². The van der Waals surface area contributed by atoms with E-state index in [1.165, 1.54) is 0 Å². The highest BCUT2D eigenvalue weighted by Crippen LogP contribution is 1.98. The molecule has 0 aliphatic rings. The molecule has 0 bridgehead atoms. The Kier molecular flexibility index (Phi) is 25.7. The molecule has 10 nitrogen and oxygen atoms in total. The maximum Gasteiger partial charge on any atom is 0.222 e. The predicted molar refractivity (Wildman–Crippen MR) is 120 cm³/mol. The number of carbonyl (C=O) groups excluding carboxylic acids is 1. The maximum absolute atomic E-state index is 12.0. The molecule has 0 aromatic rings. The van der Waals surface area contributed by atoms with E-state index in [1.54, 1.807) is 19.1 Å². The third-order valence-electron chi connectivity index (χ3n) is 4.18. The van der Waals surface area contributed by atoms with Gasteiger partial charge in [0.2, 0.25) is 5.91 Å². The van der Waals surface area contributed by atoms with Crippen molar-refractivity contribution in [2.75, 3.05) is 120 Å². The van der Waals surface area contributed by atoms with Crippen LogP contribution in [0, 0.1) is 0 Å². The maximum atomic E-state index is 12.0. The highest BCUT2D eigenvalue weighted by Gasteiger charge is 2.11. The molecule has 0 saturated carbocycles. The average Bonchev–Trinajstić information content (AvgIpc) is 2.79. The van der Waals surface area contributed by atoms with Crippen LogP contribution < -0.4 is 0 Å². The van der Waals surface area contributed by atoms with Gasteiger partial charge in [-0.3, -0.25) is 4.79 Å². The summed E-state index contributed by atoms with van der Waals surface area (Å²) in [6.07, 6.45) is 1.39. The van der Waals surface area contributed by atoms with Gasteiger partial charge in [0.15, 0.2) is 0 Å². The number of hydrogen-bond acceptors (Lipinski definition) is 9. The normalized spacial score (nSPS) is 11.2. The highest BCUT2D eigenvalue weighted by molar-refractivity contribution is 5.76. The minimum atomic E-state index is 0.140. The summed E-state index contributed by atoms with van der Waals surface area (Å²) in [4.78, 5) is 13.8. The summed E-state index contributed by atoms with van der Waals surface area (Å²) in [6, 6.07) is 0. The molecule has 32 heavy (non-hydrogen) atoms. The minimum absolute atomic E-state index is 0.140. The molecule has 0 N–H and O–H groups in total. The first-order chi connectivity index (χ1) is 15.8. The molecule has 10 heteroatoms. The summed E-state index contributed by atoms with van der Waals surface area (Å²) in [5.41, 5.74) is 0. The molecule has 0 fully saturated rings. The molecule has 0 atom stereocenters. The highest BCUT2D eigenvalue weighted by atomic mass is 16.6. The largest absolute Gasteiger partial charge is 0.383 e. The van der Waals surface area contributed by atoms with Gasteiger partial charge in [-0.05, 0) is 6.42 Å². The van der Waals surface area contributed by atoms with Crippen molar-refractivity contribution in [2.45, 2.75) is 19.8 Å². The van der Waals surface area contributed by atoms with Gasteiger partial charge in [0.1, 0.15) is 0 Å². The van der Waals surface area contributed by atoms with Crippen molar-refractivity contribution in [2.24, 2.45) is 0 Å². The van der Waals surface area contributed by atoms with Gasteiger partial charge in [0.25, 0.3) is 0 Å². The van der Waals surface area contributed by atoms with Crippen molar-refractivity contribution in [3.63, 3.8) is 0 Å². The zero-order valence-corrected chi connectivity index (χ0v) is 20.3. The quantitative estimate of drug-likeness (QED) is 0.173. The fourth-order valence-corrected chi connectivity index (χ4v) is 2.45. The zero-order chi connectivity index (χ0) is 23.5. The van der Waals surface area contributed by atoms with Gasteiger partial charge < -0.3 is 42.8 Å². The molecular formula is C22H45NO9. The summed E-state index contributed by atoms with van der Waals surface area (Å²) in [5, 5.41) is 0. The van der Waals surface area contributed by atoms with E-state index in [9.17, 15) is 4.79 Å². The van der Waals surface area contributed by atoms with Crippen LogP contribution in [0.2, 0.25) is 0 Å². The summed E-state index contributed by atoms with van der Waals surface area (Å²) >= 11 is 0. The minimum Gasteiger partial charge on any atom is -0.383 e. The second-order valence-electron chi connectivity index (χ2n) is 6.79. The Balaban J connectivity index is 3.31. The third-order valence-corrected chi connectivity index (χ3v) is 4.18. The van der Waals surface area contributed by atoms with Crippen LogP contribution in [0.15, 0.2) is 0 Å². The molecule has 0 aromatic heterocycles. The van der Waals surface area contributed by atoms with Crippen LogP contribution in [-0.2, 0) is 42.7 Å². The Morgan fingerprint density at radius 2 is 0.875 bits per heavy atom. The second-order valence-corrected chi connectivity index (χ2v) is 6.79. The monoisotopic (exact) mass is 467 g/mol. The fraction of sp³-hybridized carbons (Fsp3) is 0.955. The lowest BCUT2D eigenvalue weighted by Gasteiger charge is -2.22. The standard InChI is InChI=1S/C22H45NO9/c1-4-5-22(24)23(6-8-25-2)7-9-27-12-13-29-16-17-31-20-21-32-19-18-30-15-14-28-11-10-26-3/h4-21H2,1-3H3. The van der Waals surface area contributed by atoms with Crippen molar-refractivity contribution in [3.8, 4) is 0 Å². The van der Waals surface area contributed by atoms with Crippen LogP contribution in [-0.4, -0.2) is 131 Å². The molecule has 0 aliphatic carbocycles. The van der Waals surface area contributed by atoms with Gasteiger partial charge in [-0.2, -0.15) is 0 Å². The van der Waals surface area contributed by atoms with E-state index < -0.39 is 0 Å². The van der Waals surface area contributed by atoms with Gasteiger partial charge in [-0.15, -0.1) is 0 Å². The van der Waals surface area contributed by atoms with Crippen molar-refractivity contribution in [1.29, 1.82) is 0 Å². The fourth-order valence-electron chi connectivity index (χ4n) is 2.45. The number of carbonyl (C=O) groups is 1. The first kappa shape index (κ1) is 31.1. The van der Waals surface area contributed by atoms with Crippen LogP contribution in [0.1, 0.15) is 19.8 Å². The number of amides is 1. The lowest BCUT2D eigenvalue weighted by Crippen LogP contribution is -2.36. The molecular weight excluding hydrogens is 422 g/mol. The number of ether oxygens (including phenoxy) is 8. The molecule has 0 radical (unpaired) electrons. The SMILES string of the molecule is CCCC(=O)N(CCOC)CCOCCOCCOCCOCCOCCOCCOC. The molecule has 0 aromatic carbocycles. The second kappa shape index (κ2) is 26.4. The number of hydrogen-bond donors (Lipinski definition) is 0. The summed E-state index contributed by atoms with van der Waals surface area (Å²) in [5.74, 6) is 0.140. The van der Waals surface area contributed by atoms with E-state index in [1.807, 2.05) is 6.92 Å². The Hall–Kier alpha value is -0.850. The topological polar surface area (TPSA) is 94.2 Å². The van der Waals surface area contributed by atoms with E-state index in [-0.39, 0.29) is 5.91 Å². The van der Waals surface area contributed by atoms with Crippen molar-refractivity contribution in [1.82, 2.24) is 4.90 Å². The predicted octanol–water partition coefficient (Wildman–Crippen LogP) is 1.01. The number of rotatable bonds is 26. The third kappa shape index (κ3) is 22.3. The van der Waals surface area contributed by atoms with E-state index in [0.717, 1.165) is 6.42 Å². The number of methoxy groups -OCH3 is 2. The Morgan fingerprint density at radius 3 is 1.25 bits per heavy atom. The Labute approximate surface area is 193 Å². The molecule has 1 amide bonds. The molecule has 192 valence electrons. The molecule has 0 aliphatic heterocycles. The van der Waals surface area contributed by atoms with Gasteiger partial charge in [-0.25, -0.2) is 0 Å². The Morgan fingerprint density at radius 1 is 0.531 bits per heavy atom. The molecule has 0 saturated heterocycles. The zero-order valence-electron chi connectivity index (χ0n) is 20.3. The first-order valence-electron chi connectivity index (χ1n) is 11.5. The molecule has 0 spiro atoms. The van der Waals surface area contributed by atoms with Crippen molar-refractivity contribution >= 4 is 5.91 Å². The smallest absolute Gasteiger partial charge is 0.222 e. The number of nitrogens with zero attached hydrogens (tertiary/aromatic N) is 1. The summed E-state index contributed by atoms with van der Waals surface area (Å²) in [7, 11) is 3.28. The van der Waals surface area contributed by atoms with Gasteiger partial charge in [0.05, 0.1) is 92.5 Å². The molecule has 0 rings (SSSR count). The van der Waals surface area contributed by atoms with Crippen LogP contribution in [0.4, 0.5) is 0 Å². The average molecular weight is 468 g/mol. The van der Waals surface area contributed by atoms with Gasteiger partial charge in [-0.1, -0.05) is 6.92 Å². The Bertz CT molecular complexity index is 388. The summed E-state index contributed by atoms with van der Waals surface area (Å²) in [6.45, 7) is 10.6. The van der Waals surface area contributed by atoms with E-state index in [2.05, 4.69) is 0 Å². The van der Waals surface area contributed by atoms with Crippen LogP contribution in [0.5, 0.6) is 0 Å². The lowest BCUT2D eigenvalue weighted by atomic mass is 10.3. The molecule has 0 heterocycles.